The van der Waals surface area contributed by atoms with Crippen molar-refractivity contribution in [3.8, 4) is 0 Å². The van der Waals surface area contributed by atoms with Crippen LogP contribution in [0, 0.1) is 0 Å². The second-order valence-corrected chi connectivity index (χ2v) is 5.06. The Hall–Kier alpha value is -1.97. The standard InChI is InChI=1S/C15H17N3O/c19-15(12-5-8-16-9-6-12)11-13-7-10-18(17-13)14-3-1-2-4-14/h5-10,14H,1-4,11H2. The van der Waals surface area contributed by atoms with Crippen LogP contribution < -0.4 is 0 Å². The molecular weight excluding hydrogens is 238 g/mol. The SMILES string of the molecule is O=C(Cc1ccn(C2CCCC2)n1)c1ccncc1. The Morgan fingerprint density at radius 1 is 1.21 bits per heavy atom. The average molecular weight is 255 g/mol. The van der Waals surface area contributed by atoms with E-state index in [1.165, 1.54) is 25.7 Å². The van der Waals surface area contributed by atoms with Crippen LogP contribution in [0.25, 0.3) is 0 Å². The highest BCUT2D eigenvalue weighted by Gasteiger charge is 2.18. The Morgan fingerprint density at radius 2 is 1.95 bits per heavy atom. The number of rotatable bonds is 4. The summed E-state index contributed by atoms with van der Waals surface area (Å²) in [5.41, 5.74) is 1.55. The molecule has 2 aromatic rings. The fourth-order valence-electron chi connectivity index (χ4n) is 2.65. The van der Waals surface area contributed by atoms with Crippen molar-refractivity contribution in [1.82, 2.24) is 14.8 Å². The summed E-state index contributed by atoms with van der Waals surface area (Å²) in [6.07, 6.45) is 10.6. The van der Waals surface area contributed by atoms with E-state index in [0.29, 0.717) is 18.0 Å². The van der Waals surface area contributed by atoms with Gasteiger partial charge in [-0.25, -0.2) is 0 Å². The summed E-state index contributed by atoms with van der Waals surface area (Å²) in [4.78, 5) is 16.0. The van der Waals surface area contributed by atoms with Crippen molar-refractivity contribution in [2.75, 3.05) is 0 Å². The predicted molar refractivity (Wildman–Crippen MR) is 72.0 cm³/mol. The van der Waals surface area contributed by atoms with Crippen LogP contribution in [0.3, 0.4) is 0 Å². The van der Waals surface area contributed by atoms with Crippen LogP contribution in [0.5, 0.6) is 0 Å². The fourth-order valence-corrected chi connectivity index (χ4v) is 2.65. The van der Waals surface area contributed by atoms with Crippen molar-refractivity contribution in [2.45, 2.75) is 38.1 Å². The number of aromatic nitrogens is 3. The first-order chi connectivity index (χ1) is 9.33. The first kappa shape index (κ1) is 12.1. The van der Waals surface area contributed by atoms with Crippen molar-refractivity contribution in [2.24, 2.45) is 0 Å². The number of nitrogens with zero attached hydrogens (tertiary/aromatic N) is 3. The van der Waals surface area contributed by atoms with Crippen LogP contribution >= 0.6 is 0 Å². The lowest BCUT2D eigenvalue weighted by atomic mass is 10.1. The maximum atomic E-state index is 12.1. The van der Waals surface area contributed by atoms with E-state index >= 15 is 0 Å². The highest BCUT2D eigenvalue weighted by Crippen LogP contribution is 2.28. The van der Waals surface area contributed by atoms with Crippen molar-refractivity contribution in [3.05, 3.63) is 48.0 Å². The van der Waals surface area contributed by atoms with E-state index in [4.69, 9.17) is 0 Å². The number of pyridine rings is 1. The van der Waals surface area contributed by atoms with Gasteiger partial charge in [-0.1, -0.05) is 12.8 Å². The molecule has 0 bridgehead atoms. The molecule has 0 spiro atoms. The first-order valence-corrected chi connectivity index (χ1v) is 6.80. The number of carbonyl (C=O) groups is 1. The highest BCUT2D eigenvalue weighted by atomic mass is 16.1. The van der Waals surface area contributed by atoms with Gasteiger partial charge in [-0.3, -0.25) is 14.5 Å². The quantitative estimate of drug-likeness (QED) is 0.789. The first-order valence-electron chi connectivity index (χ1n) is 6.80. The largest absolute Gasteiger partial charge is 0.294 e. The molecule has 98 valence electrons. The van der Waals surface area contributed by atoms with E-state index < -0.39 is 0 Å². The summed E-state index contributed by atoms with van der Waals surface area (Å²) < 4.78 is 2.03. The zero-order valence-corrected chi connectivity index (χ0v) is 10.8. The molecule has 1 saturated carbocycles. The van der Waals surface area contributed by atoms with Gasteiger partial charge in [0.05, 0.1) is 18.2 Å². The van der Waals surface area contributed by atoms with Gasteiger partial charge in [-0.15, -0.1) is 0 Å². The summed E-state index contributed by atoms with van der Waals surface area (Å²) in [5, 5.41) is 4.54. The molecule has 0 aromatic carbocycles. The Kier molecular flexibility index (Phi) is 3.40. The van der Waals surface area contributed by atoms with Gasteiger partial charge in [0.15, 0.2) is 5.78 Å². The van der Waals surface area contributed by atoms with Crippen LogP contribution in [0.2, 0.25) is 0 Å². The molecule has 0 N–H and O–H groups in total. The summed E-state index contributed by atoms with van der Waals surface area (Å²) >= 11 is 0. The molecule has 0 amide bonds. The van der Waals surface area contributed by atoms with Gasteiger partial charge in [0.25, 0.3) is 0 Å². The third kappa shape index (κ3) is 2.72. The molecule has 3 rings (SSSR count). The molecule has 0 aliphatic heterocycles. The molecule has 19 heavy (non-hydrogen) atoms. The Morgan fingerprint density at radius 3 is 2.68 bits per heavy atom. The zero-order chi connectivity index (χ0) is 13.1. The maximum absolute atomic E-state index is 12.1. The van der Waals surface area contributed by atoms with E-state index in [2.05, 4.69) is 10.1 Å². The monoisotopic (exact) mass is 255 g/mol. The van der Waals surface area contributed by atoms with Crippen LogP contribution in [-0.4, -0.2) is 20.5 Å². The van der Waals surface area contributed by atoms with Gasteiger partial charge in [-0.2, -0.15) is 5.10 Å². The molecule has 0 atom stereocenters. The van der Waals surface area contributed by atoms with Crippen LogP contribution in [0.1, 0.15) is 47.8 Å². The molecule has 1 aliphatic carbocycles. The Balaban J connectivity index is 1.68. The highest BCUT2D eigenvalue weighted by molar-refractivity contribution is 5.97. The number of hydrogen-bond donors (Lipinski definition) is 0. The van der Waals surface area contributed by atoms with E-state index in [-0.39, 0.29) is 5.78 Å². The second kappa shape index (κ2) is 5.34. The lowest BCUT2D eigenvalue weighted by Crippen LogP contribution is -2.08. The fraction of sp³-hybridized carbons (Fsp3) is 0.400. The molecule has 1 fully saturated rings. The van der Waals surface area contributed by atoms with Gasteiger partial charge in [0.1, 0.15) is 0 Å². The molecule has 0 radical (unpaired) electrons. The molecule has 4 nitrogen and oxygen atoms in total. The van der Waals surface area contributed by atoms with Crippen molar-refractivity contribution in [1.29, 1.82) is 0 Å². The lowest BCUT2D eigenvalue weighted by molar-refractivity contribution is 0.0991. The molecule has 2 heterocycles. The number of Topliss-reactive ketones (excluding diaryl/α,β-unsaturated/α-hetero) is 1. The molecule has 0 unspecified atom stereocenters. The summed E-state index contributed by atoms with van der Waals surface area (Å²) in [5.74, 6) is 0.0964. The minimum Gasteiger partial charge on any atom is -0.294 e. The van der Waals surface area contributed by atoms with Crippen LogP contribution in [-0.2, 0) is 6.42 Å². The van der Waals surface area contributed by atoms with Crippen molar-refractivity contribution in [3.63, 3.8) is 0 Å². The lowest BCUT2D eigenvalue weighted by Gasteiger charge is -2.08. The third-order valence-electron chi connectivity index (χ3n) is 3.71. The molecule has 2 aromatic heterocycles. The van der Waals surface area contributed by atoms with Crippen molar-refractivity contribution < 1.29 is 4.79 Å². The molecular formula is C15H17N3O. The van der Waals surface area contributed by atoms with Gasteiger partial charge in [-0.05, 0) is 31.0 Å². The molecule has 4 heteroatoms. The van der Waals surface area contributed by atoms with E-state index in [1.54, 1.807) is 24.5 Å². The third-order valence-corrected chi connectivity index (χ3v) is 3.71. The van der Waals surface area contributed by atoms with Gasteiger partial charge >= 0.3 is 0 Å². The number of carbonyl (C=O) groups excluding carboxylic acids is 1. The minimum absolute atomic E-state index is 0.0964. The minimum atomic E-state index is 0.0964. The smallest absolute Gasteiger partial charge is 0.168 e. The zero-order valence-electron chi connectivity index (χ0n) is 10.8. The van der Waals surface area contributed by atoms with Gasteiger partial charge < -0.3 is 0 Å². The molecule has 0 saturated heterocycles. The topological polar surface area (TPSA) is 47.8 Å². The second-order valence-electron chi connectivity index (χ2n) is 5.06. The Labute approximate surface area is 112 Å². The van der Waals surface area contributed by atoms with Gasteiger partial charge in [0, 0.05) is 24.2 Å². The predicted octanol–water partition coefficient (Wildman–Crippen LogP) is 2.82. The van der Waals surface area contributed by atoms with Crippen LogP contribution in [0.15, 0.2) is 36.8 Å². The number of hydrogen-bond acceptors (Lipinski definition) is 3. The van der Waals surface area contributed by atoms with Crippen molar-refractivity contribution >= 4 is 5.78 Å². The summed E-state index contributed by atoms with van der Waals surface area (Å²) in [7, 11) is 0. The summed E-state index contributed by atoms with van der Waals surface area (Å²) in [6.45, 7) is 0. The normalized spacial score (nSPS) is 15.8. The Bertz CT molecular complexity index is 556. The van der Waals surface area contributed by atoms with Crippen LogP contribution in [0.4, 0.5) is 0 Å². The number of ketones is 1. The van der Waals surface area contributed by atoms with Gasteiger partial charge in [0.2, 0.25) is 0 Å². The molecule has 1 aliphatic rings. The maximum Gasteiger partial charge on any atom is 0.168 e. The summed E-state index contributed by atoms with van der Waals surface area (Å²) in [6, 6.07) is 5.98. The van der Waals surface area contributed by atoms with E-state index in [0.717, 1.165) is 5.69 Å². The van der Waals surface area contributed by atoms with E-state index in [9.17, 15) is 4.79 Å². The average Bonchev–Trinajstić information content (AvgIpc) is 3.10. The van der Waals surface area contributed by atoms with E-state index in [1.807, 2.05) is 16.9 Å².